The number of carbonyl (C=O) groups excluding carboxylic acids is 5. The molecule has 172 valence electrons. The number of nitrogens with zero attached hydrogens (tertiary/aromatic N) is 1. The van der Waals surface area contributed by atoms with Gasteiger partial charge in [-0.3, -0.25) is 29.3 Å². The highest BCUT2D eigenvalue weighted by Crippen LogP contribution is 2.26. The fourth-order valence-corrected chi connectivity index (χ4v) is 3.71. The Morgan fingerprint density at radius 3 is 2.72 bits per heavy atom. The van der Waals surface area contributed by atoms with Crippen LogP contribution in [-0.2, 0) is 24.0 Å². The summed E-state index contributed by atoms with van der Waals surface area (Å²) in [7, 11) is 1.48. The number of rotatable bonds is 9. The summed E-state index contributed by atoms with van der Waals surface area (Å²) in [6.45, 7) is 1.99. The Labute approximate surface area is 192 Å². The van der Waals surface area contributed by atoms with Gasteiger partial charge in [0.1, 0.15) is 6.04 Å². The molecule has 4 amide bonds. The van der Waals surface area contributed by atoms with Crippen molar-refractivity contribution in [3.8, 4) is 0 Å². The molecule has 2 aliphatic rings. The van der Waals surface area contributed by atoms with Crippen molar-refractivity contribution in [2.24, 2.45) is 0 Å². The molecule has 1 atom stereocenters. The summed E-state index contributed by atoms with van der Waals surface area (Å²) in [5, 5.41) is 5.03. The number of nitrogens with one attached hydrogen (secondary N) is 2. The van der Waals surface area contributed by atoms with Gasteiger partial charge in [-0.15, -0.1) is 11.6 Å². The fraction of sp³-hybridized carbons (Fsp3) is 0.435. The number of likely N-dealkylation sites (N-methyl/N-ethyl adjacent to an activating group) is 1. The molecular weight excluding hydrogens is 434 g/mol. The van der Waals surface area contributed by atoms with Crippen LogP contribution >= 0.6 is 11.6 Å². The summed E-state index contributed by atoms with van der Waals surface area (Å²) >= 11 is 5.57. The minimum absolute atomic E-state index is 0.149. The Morgan fingerprint density at radius 1 is 1.31 bits per heavy atom. The van der Waals surface area contributed by atoms with E-state index in [2.05, 4.69) is 10.6 Å². The molecule has 1 heterocycles. The van der Waals surface area contributed by atoms with Gasteiger partial charge in [0, 0.05) is 43.5 Å². The highest BCUT2D eigenvalue weighted by Gasteiger charge is 2.34. The number of imide groups is 1. The van der Waals surface area contributed by atoms with Gasteiger partial charge < -0.3 is 10.2 Å². The van der Waals surface area contributed by atoms with Crippen LogP contribution in [-0.4, -0.2) is 60.3 Å². The van der Waals surface area contributed by atoms with Crippen LogP contribution < -0.4 is 10.6 Å². The number of alkyl halides is 1. The van der Waals surface area contributed by atoms with Crippen LogP contribution in [0.4, 0.5) is 0 Å². The lowest BCUT2D eigenvalue weighted by atomic mass is 9.90. The second-order valence-electron chi connectivity index (χ2n) is 7.72. The lowest BCUT2D eigenvalue weighted by Gasteiger charge is -2.31. The quantitative estimate of drug-likeness (QED) is 0.235. The van der Waals surface area contributed by atoms with Crippen molar-refractivity contribution in [2.75, 3.05) is 19.5 Å². The Bertz CT molecular complexity index is 917. The number of halogens is 1. The molecule has 0 bridgehead atoms. The number of aldehydes is 1. The van der Waals surface area contributed by atoms with Crippen LogP contribution in [0.5, 0.6) is 0 Å². The molecule has 1 aliphatic carbocycles. The molecule has 0 aromatic heterocycles. The van der Waals surface area contributed by atoms with Gasteiger partial charge in [-0.25, -0.2) is 0 Å². The van der Waals surface area contributed by atoms with Gasteiger partial charge in [-0.05, 0) is 31.8 Å². The Hall–Kier alpha value is -3.00. The van der Waals surface area contributed by atoms with Crippen molar-refractivity contribution in [3.63, 3.8) is 0 Å². The number of carbonyl (C=O) groups is 5. The minimum Gasteiger partial charge on any atom is -0.352 e. The Balaban J connectivity index is 2.06. The summed E-state index contributed by atoms with van der Waals surface area (Å²) in [6.07, 6.45) is 9.32. The van der Waals surface area contributed by atoms with Crippen molar-refractivity contribution >= 4 is 41.5 Å². The molecule has 0 saturated carbocycles. The maximum Gasteiger partial charge on any atom is 0.254 e. The lowest BCUT2D eigenvalue weighted by Crippen LogP contribution is -2.53. The van der Waals surface area contributed by atoms with Crippen LogP contribution in [0.2, 0.25) is 0 Å². The molecule has 1 fully saturated rings. The van der Waals surface area contributed by atoms with Crippen molar-refractivity contribution in [2.45, 2.75) is 45.1 Å². The van der Waals surface area contributed by atoms with Crippen molar-refractivity contribution in [1.82, 2.24) is 15.5 Å². The normalized spacial score (nSPS) is 19.5. The van der Waals surface area contributed by atoms with Crippen molar-refractivity contribution in [1.29, 1.82) is 0 Å². The smallest absolute Gasteiger partial charge is 0.254 e. The summed E-state index contributed by atoms with van der Waals surface area (Å²) < 4.78 is 0. The van der Waals surface area contributed by atoms with E-state index >= 15 is 0 Å². The van der Waals surface area contributed by atoms with Gasteiger partial charge in [0.2, 0.25) is 17.7 Å². The molecule has 32 heavy (non-hydrogen) atoms. The second kappa shape index (κ2) is 12.1. The highest BCUT2D eigenvalue weighted by atomic mass is 35.5. The summed E-state index contributed by atoms with van der Waals surface area (Å²) in [5.74, 6) is -1.15. The standard InChI is InChI=1S/C23H28ClN3O5/c1-15(6-3-4-11-24)12-21(30)25-13-16-7-5-8-17(18(16)14-28)23(32)27(2)19-9-10-20(29)26-22(19)31/h3-4,6,8,14,19H,5,7,9-13H2,1-2H3,(H,25,30)(H,26,29,31)/b4-3-,15-6+. The van der Waals surface area contributed by atoms with E-state index in [1.165, 1.54) is 11.9 Å². The molecule has 1 aliphatic heterocycles. The molecule has 1 unspecified atom stereocenters. The van der Waals surface area contributed by atoms with Gasteiger partial charge >= 0.3 is 0 Å². The van der Waals surface area contributed by atoms with Gasteiger partial charge in [-0.1, -0.05) is 29.9 Å². The molecule has 0 aromatic carbocycles. The van der Waals surface area contributed by atoms with Gasteiger partial charge in [0.15, 0.2) is 6.29 Å². The first kappa shape index (κ1) is 25.3. The molecule has 1 saturated heterocycles. The van der Waals surface area contributed by atoms with E-state index in [0.717, 1.165) is 5.57 Å². The predicted molar refractivity (Wildman–Crippen MR) is 121 cm³/mol. The molecule has 2 N–H and O–H groups in total. The first-order chi connectivity index (χ1) is 15.3. The summed E-state index contributed by atoms with van der Waals surface area (Å²) in [4.78, 5) is 61.8. The highest BCUT2D eigenvalue weighted by molar-refractivity contribution is 6.18. The molecule has 0 aromatic rings. The Kier molecular flexibility index (Phi) is 9.59. The third-order valence-electron chi connectivity index (χ3n) is 5.36. The molecule has 2 rings (SSSR count). The maximum absolute atomic E-state index is 13.0. The fourth-order valence-electron chi connectivity index (χ4n) is 3.61. The zero-order chi connectivity index (χ0) is 23.7. The van der Waals surface area contributed by atoms with Gasteiger partial charge in [-0.2, -0.15) is 0 Å². The van der Waals surface area contributed by atoms with E-state index in [1.54, 1.807) is 18.2 Å². The van der Waals surface area contributed by atoms with Crippen molar-refractivity contribution < 1.29 is 24.0 Å². The Morgan fingerprint density at radius 2 is 2.06 bits per heavy atom. The third kappa shape index (κ3) is 6.75. The molecule has 0 radical (unpaired) electrons. The SMILES string of the molecule is C/C(=C\C=C/CCl)CC(=O)NCC1=C(C=O)C(C(=O)N(C)C2CCC(=O)NC2=O)=CCC1. The molecule has 8 nitrogen and oxygen atoms in total. The zero-order valence-electron chi connectivity index (χ0n) is 18.3. The van der Waals surface area contributed by atoms with Crippen LogP contribution in [0.25, 0.3) is 0 Å². The molecule has 0 spiro atoms. The van der Waals surface area contributed by atoms with E-state index in [9.17, 15) is 24.0 Å². The molecular formula is C23H28ClN3O5. The average molecular weight is 462 g/mol. The summed E-state index contributed by atoms with van der Waals surface area (Å²) in [6, 6.07) is -0.776. The van der Waals surface area contributed by atoms with Crippen LogP contribution in [0, 0.1) is 0 Å². The first-order valence-electron chi connectivity index (χ1n) is 10.4. The zero-order valence-corrected chi connectivity index (χ0v) is 19.0. The van der Waals surface area contributed by atoms with Crippen LogP contribution in [0.3, 0.4) is 0 Å². The van der Waals surface area contributed by atoms with Crippen LogP contribution in [0.15, 0.2) is 46.6 Å². The van der Waals surface area contributed by atoms with E-state index in [-0.39, 0.29) is 48.8 Å². The molecule has 9 heteroatoms. The van der Waals surface area contributed by atoms with E-state index < -0.39 is 17.9 Å². The number of allylic oxidation sites excluding steroid dienone is 4. The predicted octanol–water partition coefficient (Wildman–Crippen LogP) is 1.71. The number of hydrogen-bond donors (Lipinski definition) is 2. The second-order valence-corrected chi connectivity index (χ2v) is 8.03. The number of amides is 4. The third-order valence-corrected chi connectivity index (χ3v) is 5.53. The van der Waals surface area contributed by atoms with Gasteiger partial charge in [0.05, 0.1) is 0 Å². The largest absolute Gasteiger partial charge is 0.352 e. The lowest BCUT2D eigenvalue weighted by molar-refractivity contribution is -0.142. The van der Waals surface area contributed by atoms with E-state index in [4.69, 9.17) is 11.6 Å². The first-order valence-corrected chi connectivity index (χ1v) is 11.0. The number of hydrogen-bond acceptors (Lipinski definition) is 5. The average Bonchev–Trinajstić information content (AvgIpc) is 2.76. The van der Waals surface area contributed by atoms with E-state index in [1.807, 2.05) is 13.0 Å². The monoisotopic (exact) mass is 461 g/mol. The maximum atomic E-state index is 13.0. The van der Waals surface area contributed by atoms with Gasteiger partial charge in [0.25, 0.3) is 5.91 Å². The topological polar surface area (TPSA) is 113 Å². The van der Waals surface area contributed by atoms with E-state index in [0.29, 0.717) is 30.6 Å². The summed E-state index contributed by atoms with van der Waals surface area (Å²) in [5.41, 5.74) is 1.97. The van der Waals surface area contributed by atoms with Crippen molar-refractivity contribution in [3.05, 3.63) is 46.6 Å². The minimum atomic E-state index is -0.776. The number of piperidine rings is 1. The van der Waals surface area contributed by atoms with Crippen LogP contribution in [0.1, 0.15) is 39.0 Å².